The summed E-state index contributed by atoms with van der Waals surface area (Å²) in [7, 11) is 0. The van der Waals surface area contributed by atoms with Gasteiger partial charge < -0.3 is 16.3 Å². The minimum Gasteiger partial charge on any atom is -0.409 e. The Morgan fingerprint density at radius 1 is 1.27 bits per heavy atom. The maximum atomic E-state index is 12.4. The highest BCUT2D eigenvalue weighted by molar-refractivity contribution is 6.04. The lowest BCUT2D eigenvalue weighted by Gasteiger charge is -2.06. The molecule has 0 saturated heterocycles. The first-order valence-electron chi connectivity index (χ1n) is 6.50. The predicted molar refractivity (Wildman–Crippen MR) is 82.1 cm³/mol. The molecule has 0 saturated carbocycles. The molecule has 0 fully saturated rings. The van der Waals surface area contributed by atoms with E-state index in [1.54, 1.807) is 34.9 Å². The molecule has 3 rings (SSSR count). The van der Waals surface area contributed by atoms with Gasteiger partial charge >= 0.3 is 0 Å². The molecule has 0 radical (unpaired) electrons. The third-order valence-corrected chi connectivity index (χ3v) is 3.17. The highest BCUT2D eigenvalue weighted by atomic mass is 16.4. The number of rotatable bonds is 3. The maximum Gasteiger partial charge on any atom is 0.274 e. The zero-order valence-corrected chi connectivity index (χ0v) is 11.5. The number of hydrogen-bond donors (Lipinski definition) is 3. The number of amidine groups is 1. The second kappa shape index (κ2) is 5.57. The normalized spacial score (nSPS) is 11.5. The van der Waals surface area contributed by atoms with Crippen LogP contribution in [0.15, 0.2) is 60.0 Å². The number of amides is 1. The van der Waals surface area contributed by atoms with Crippen LogP contribution in [0.1, 0.15) is 16.1 Å². The third-order valence-electron chi connectivity index (χ3n) is 3.17. The van der Waals surface area contributed by atoms with E-state index in [-0.39, 0.29) is 11.7 Å². The maximum absolute atomic E-state index is 12.4. The van der Waals surface area contributed by atoms with Gasteiger partial charge in [0, 0.05) is 17.4 Å². The number of oxime groups is 1. The molecule has 7 heteroatoms. The molecule has 0 bridgehead atoms. The first-order chi connectivity index (χ1) is 10.7. The predicted octanol–water partition coefficient (Wildman–Crippen LogP) is 1.68. The van der Waals surface area contributed by atoms with E-state index < -0.39 is 0 Å². The summed E-state index contributed by atoms with van der Waals surface area (Å²) in [6.45, 7) is 0. The monoisotopic (exact) mass is 295 g/mol. The lowest BCUT2D eigenvalue weighted by Crippen LogP contribution is -2.16. The Labute approximate surface area is 125 Å². The summed E-state index contributed by atoms with van der Waals surface area (Å²) in [5, 5.41) is 14.4. The lowest BCUT2D eigenvalue weighted by atomic mass is 10.2. The van der Waals surface area contributed by atoms with Crippen LogP contribution in [0, 0.1) is 0 Å². The van der Waals surface area contributed by atoms with Gasteiger partial charge in [-0.2, -0.15) is 0 Å². The minimum atomic E-state index is -0.296. The Hall–Kier alpha value is -3.35. The van der Waals surface area contributed by atoms with Crippen LogP contribution in [0.5, 0.6) is 0 Å². The van der Waals surface area contributed by atoms with Gasteiger partial charge in [0.25, 0.3) is 5.91 Å². The van der Waals surface area contributed by atoms with Gasteiger partial charge in [-0.05, 0) is 24.3 Å². The molecule has 0 aliphatic rings. The first-order valence-corrected chi connectivity index (χ1v) is 6.50. The molecule has 0 aliphatic carbocycles. The molecule has 7 nitrogen and oxygen atoms in total. The van der Waals surface area contributed by atoms with Crippen molar-refractivity contribution in [3.05, 3.63) is 66.1 Å². The average molecular weight is 295 g/mol. The zero-order valence-electron chi connectivity index (χ0n) is 11.5. The molecule has 22 heavy (non-hydrogen) atoms. The van der Waals surface area contributed by atoms with E-state index in [1.165, 1.54) is 6.20 Å². The SMILES string of the molecule is N/C(=N\O)c1cccc(NC(=O)c2cnc3ccccn23)c1. The van der Waals surface area contributed by atoms with Gasteiger partial charge in [0.15, 0.2) is 5.84 Å². The van der Waals surface area contributed by atoms with Crippen molar-refractivity contribution in [2.45, 2.75) is 0 Å². The molecule has 0 unspecified atom stereocenters. The Kier molecular flexibility index (Phi) is 3.45. The van der Waals surface area contributed by atoms with Gasteiger partial charge in [-0.15, -0.1) is 0 Å². The van der Waals surface area contributed by atoms with E-state index in [1.807, 2.05) is 18.2 Å². The number of fused-ring (bicyclic) bond motifs is 1. The number of anilines is 1. The molecule has 0 aliphatic heterocycles. The van der Waals surface area contributed by atoms with Crippen molar-refractivity contribution < 1.29 is 10.0 Å². The van der Waals surface area contributed by atoms with Crippen molar-refractivity contribution >= 4 is 23.1 Å². The number of benzene rings is 1. The summed E-state index contributed by atoms with van der Waals surface area (Å²) in [6, 6.07) is 12.2. The van der Waals surface area contributed by atoms with Crippen LogP contribution < -0.4 is 11.1 Å². The van der Waals surface area contributed by atoms with Gasteiger partial charge in [0.05, 0.1) is 6.20 Å². The largest absolute Gasteiger partial charge is 0.409 e. The van der Waals surface area contributed by atoms with E-state index in [9.17, 15) is 4.79 Å². The number of nitrogens with two attached hydrogens (primary N) is 1. The Morgan fingerprint density at radius 2 is 2.14 bits per heavy atom. The molecular weight excluding hydrogens is 282 g/mol. The second-order valence-electron chi connectivity index (χ2n) is 4.59. The summed E-state index contributed by atoms with van der Waals surface area (Å²) >= 11 is 0. The minimum absolute atomic E-state index is 0.0223. The summed E-state index contributed by atoms with van der Waals surface area (Å²) in [4.78, 5) is 16.5. The molecule has 4 N–H and O–H groups in total. The molecule has 1 amide bonds. The Balaban J connectivity index is 1.88. The Bertz CT molecular complexity index is 869. The number of carbonyl (C=O) groups excluding carboxylic acids is 1. The summed E-state index contributed by atoms with van der Waals surface area (Å²) in [5.74, 6) is -0.318. The number of nitrogens with one attached hydrogen (secondary N) is 1. The number of nitrogens with zero attached hydrogens (tertiary/aromatic N) is 3. The second-order valence-corrected chi connectivity index (χ2v) is 4.59. The van der Waals surface area contributed by atoms with Crippen molar-refractivity contribution in [3.63, 3.8) is 0 Å². The quantitative estimate of drug-likeness (QED) is 0.296. The average Bonchev–Trinajstić information content (AvgIpc) is 2.98. The number of carbonyl (C=O) groups is 1. The van der Waals surface area contributed by atoms with Crippen LogP contribution in [-0.4, -0.2) is 26.3 Å². The Morgan fingerprint density at radius 3 is 2.95 bits per heavy atom. The summed E-state index contributed by atoms with van der Waals surface area (Å²) in [5.41, 5.74) is 7.70. The van der Waals surface area contributed by atoms with E-state index in [0.717, 1.165) is 0 Å². The molecule has 0 atom stereocenters. The van der Waals surface area contributed by atoms with E-state index in [0.29, 0.717) is 22.6 Å². The fourth-order valence-electron chi connectivity index (χ4n) is 2.11. The smallest absolute Gasteiger partial charge is 0.274 e. The molecule has 1 aromatic carbocycles. The van der Waals surface area contributed by atoms with Crippen LogP contribution in [0.25, 0.3) is 5.65 Å². The van der Waals surface area contributed by atoms with Crippen LogP contribution in [0.2, 0.25) is 0 Å². The van der Waals surface area contributed by atoms with Gasteiger partial charge in [-0.25, -0.2) is 4.98 Å². The van der Waals surface area contributed by atoms with Crippen LogP contribution >= 0.6 is 0 Å². The third kappa shape index (κ3) is 2.47. The number of aromatic nitrogens is 2. The molecular formula is C15H13N5O2. The van der Waals surface area contributed by atoms with Gasteiger partial charge in [-0.1, -0.05) is 23.4 Å². The van der Waals surface area contributed by atoms with Crippen LogP contribution in [0.3, 0.4) is 0 Å². The number of hydrogen-bond acceptors (Lipinski definition) is 4. The number of imidazole rings is 1. The van der Waals surface area contributed by atoms with E-state index in [2.05, 4.69) is 15.5 Å². The fraction of sp³-hybridized carbons (Fsp3) is 0. The molecule has 3 aromatic rings. The standard InChI is InChI=1S/C15H13N5O2/c16-14(19-22)10-4-3-5-11(8-10)18-15(21)12-9-17-13-6-1-2-7-20(12)13/h1-9,22H,(H2,16,19)(H,18,21). The highest BCUT2D eigenvalue weighted by Gasteiger charge is 2.12. The van der Waals surface area contributed by atoms with Crippen molar-refractivity contribution in [2.75, 3.05) is 5.32 Å². The molecule has 110 valence electrons. The first kappa shape index (κ1) is 13.6. The highest BCUT2D eigenvalue weighted by Crippen LogP contribution is 2.13. The van der Waals surface area contributed by atoms with Gasteiger partial charge in [0.2, 0.25) is 0 Å². The van der Waals surface area contributed by atoms with E-state index in [4.69, 9.17) is 10.9 Å². The number of pyridine rings is 1. The summed E-state index contributed by atoms with van der Waals surface area (Å²) in [6.07, 6.45) is 3.28. The van der Waals surface area contributed by atoms with Crippen LogP contribution in [0.4, 0.5) is 5.69 Å². The summed E-state index contributed by atoms with van der Waals surface area (Å²) < 4.78 is 1.70. The van der Waals surface area contributed by atoms with Crippen molar-refractivity contribution in [3.8, 4) is 0 Å². The topological polar surface area (TPSA) is 105 Å². The van der Waals surface area contributed by atoms with Crippen molar-refractivity contribution in [1.82, 2.24) is 9.38 Å². The molecule has 2 heterocycles. The van der Waals surface area contributed by atoms with Crippen molar-refractivity contribution in [1.29, 1.82) is 0 Å². The van der Waals surface area contributed by atoms with Crippen LogP contribution in [-0.2, 0) is 0 Å². The van der Waals surface area contributed by atoms with Gasteiger partial charge in [0.1, 0.15) is 11.3 Å². The molecule has 2 aromatic heterocycles. The molecule has 0 spiro atoms. The van der Waals surface area contributed by atoms with Crippen molar-refractivity contribution in [2.24, 2.45) is 10.9 Å². The van der Waals surface area contributed by atoms with E-state index >= 15 is 0 Å². The lowest BCUT2D eigenvalue weighted by molar-refractivity contribution is 0.102. The van der Waals surface area contributed by atoms with Gasteiger partial charge in [-0.3, -0.25) is 9.20 Å². The fourth-order valence-corrected chi connectivity index (χ4v) is 2.11. The zero-order chi connectivity index (χ0) is 15.5.